The lowest BCUT2D eigenvalue weighted by Crippen LogP contribution is -2.24. The molecule has 0 aliphatic carbocycles. The first-order valence-electron chi connectivity index (χ1n) is 8.47. The Morgan fingerprint density at radius 3 is 2.04 bits per heavy atom. The highest BCUT2D eigenvalue weighted by Gasteiger charge is 2.15. The molecule has 0 saturated carbocycles. The van der Waals surface area contributed by atoms with Crippen LogP contribution in [0.2, 0.25) is 0 Å². The summed E-state index contributed by atoms with van der Waals surface area (Å²) in [6.45, 7) is 3.71. The number of carbonyl (C=O) groups is 1. The van der Waals surface area contributed by atoms with Crippen molar-refractivity contribution in [1.29, 1.82) is 0 Å². The normalized spacial score (nSPS) is 10.8. The topological polar surface area (TPSA) is 66.3 Å². The molecular formula is C21H21N3O2. The second-order valence-electron chi connectivity index (χ2n) is 6.25. The van der Waals surface area contributed by atoms with E-state index in [1.54, 1.807) is 18.5 Å². The maximum Gasteiger partial charge on any atom is 0.336 e. The maximum absolute atomic E-state index is 11.6. The van der Waals surface area contributed by atoms with E-state index in [1.807, 2.05) is 55.5 Å². The summed E-state index contributed by atoms with van der Waals surface area (Å²) in [6, 6.07) is 17.1. The molecule has 0 unspecified atom stereocenters. The number of rotatable bonds is 7. The molecule has 1 N–H and O–H groups in total. The molecule has 2 heterocycles. The van der Waals surface area contributed by atoms with Gasteiger partial charge in [0.05, 0.1) is 17.0 Å². The molecule has 5 heteroatoms. The van der Waals surface area contributed by atoms with Gasteiger partial charge in [0, 0.05) is 32.0 Å². The number of benzene rings is 1. The Balaban J connectivity index is 1.88. The molecule has 0 amide bonds. The van der Waals surface area contributed by atoms with Crippen molar-refractivity contribution in [3.63, 3.8) is 0 Å². The maximum atomic E-state index is 11.6. The van der Waals surface area contributed by atoms with E-state index in [0.29, 0.717) is 25.2 Å². The minimum Gasteiger partial charge on any atom is -0.478 e. The molecule has 0 bridgehead atoms. The molecule has 132 valence electrons. The Morgan fingerprint density at radius 2 is 1.54 bits per heavy atom. The molecule has 3 rings (SSSR count). The Morgan fingerprint density at radius 1 is 0.923 bits per heavy atom. The number of aromatic nitrogens is 2. The van der Waals surface area contributed by atoms with Crippen molar-refractivity contribution < 1.29 is 9.90 Å². The first-order chi connectivity index (χ1) is 12.6. The third-order valence-corrected chi connectivity index (χ3v) is 4.11. The molecule has 3 aromatic rings. The van der Waals surface area contributed by atoms with Crippen LogP contribution >= 0.6 is 0 Å². The van der Waals surface area contributed by atoms with E-state index in [0.717, 1.165) is 22.5 Å². The third kappa shape index (κ3) is 4.74. The van der Waals surface area contributed by atoms with Gasteiger partial charge in [-0.05, 0) is 42.8 Å². The minimum atomic E-state index is -0.907. The molecule has 0 saturated heterocycles. The molecule has 0 atom stereocenters. The van der Waals surface area contributed by atoms with E-state index in [4.69, 9.17) is 0 Å². The summed E-state index contributed by atoms with van der Waals surface area (Å²) in [7, 11) is 0. The second-order valence-corrected chi connectivity index (χ2v) is 6.25. The van der Waals surface area contributed by atoms with Gasteiger partial charge in [0.25, 0.3) is 0 Å². The Bertz CT molecular complexity index is 825. The molecular weight excluding hydrogens is 326 g/mol. The van der Waals surface area contributed by atoms with Gasteiger partial charge in [0.15, 0.2) is 0 Å². The fourth-order valence-corrected chi connectivity index (χ4v) is 2.91. The highest BCUT2D eigenvalue weighted by molar-refractivity contribution is 5.89. The lowest BCUT2D eigenvalue weighted by Gasteiger charge is -2.23. The largest absolute Gasteiger partial charge is 0.478 e. The monoisotopic (exact) mass is 347 g/mol. The van der Waals surface area contributed by atoms with Crippen molar-refractivity contribution in [2.75, 3.05) is 0 Å². The lowest BCUT2D eigenvalue weighted by atomic mass is 10.0. The van der Waals surface area contributed by atoms with Crippen LogP contribution in [-0.2, 0) is 19.6 Å². The lowest BCUT2D eigenvalue weighted by molar-refractivity contribution is 0.0694. The van der Waals surface area contributed by atoms with Gasteiger partial charge in [-0.25, -0.2) is 4.79 Å². The highest BCUT2D eigenvalue weighted by atomic mass is 16.4. The summed E-state index contributed by atoms with van der Waals surface area (Å²) in [5.74, 6) is -0.907. The van der Waals surface area contributed by atoms with Crippen LogP contribution < -0.4 is 0 Å². The van der Waals surface area contributed by atoms with Gasteiger partial charge in [-0.1, -0.05) is 29.8 Å². The SMILES string of the molecule is Cc1ccc(C(=O)O)c(CN(Cc2ccccn2)Cc2ccccn2)c1. The van der Waals surface area contributed by atoms with Crippen LogP contribution in [-0.4, -0.2) is 25.9 Å². The van der Waals surface area contributed by atoms with Crippen LogP contribution in [0.1, 0.15) is 32.9 Å². The van der Waals surface area contributed by atoms with Crippen LogP contribution in [0.25, 0.3) is 0 Å². The number of aromatic carboxylic acids is 1. The van der Waals surface area contributed by atoms with E-state index in [1.165, 1.54) is 0 Å². The summed E-state index contributed by atoms with van der Waals surface area (Å²) in [5, 5.41) is 9.51. The Hall–Kier alpha value is -3.05. The Labute approximate surface area is 153 Å². The van der Waals surface area contributed by atoms with Crippen LogP contribution in [0.5, 0.6) is 0 Å². The molecule has 26 heavy (non-hydrogen) atoms. The predicted molar refractivity (Wildman–Crippen MR) is 99.6 cm³/mol. The van der Waals surface area contributed by atoms with Crippen LogP contribution in [0.4, 0.5) is 0 Å². The van der Waals surface area contributed by atoms with Crippen LogP contribution in [0.15, 0.2) is 67.0 Å². The first kappa shape index (κ1) is 17.8. The fraction of sp³-hybridized carbons (Fsp3) is 0.190. The van der Waals surface area contributed by atoms with Crippen molar-refractivity contribution in [3.05, 3.63) is 95.1 Å². The highest BCUT2D eigenvalue weighted by Crippen LogP contribution is 2.17. The first-order valence-corrected chi connectivity index (χ1v) is 8.47. The average molecular weight is 347 g/mol. The summed E-state index contributed by atoms with van der Waals surface area (Å²) < 4.78 is 0. The fourth-order valence-electron chi connectivity index (χ4n) is 2.91. The number of aryl methyl sites for hydroxylation is 1. The number of hydrogen-bond donors (Lipinski definition) is 1. The molecule has 0 aliphatic heterocycles. The van der Waals surface area contributed by atoms with Gasteiger partial charge >= 0.3 is 5.97 Å². The number of carboxylic acids is 1. The molecule has 1 aromatic carbocycles. The van der Waals surface area contributed by atoms with Crippen LogP contribution in [0.3, 0.4) is 0 Å². The molecule has 5 nitrogen and oxygen atoms in total. The van der Waals surface area contributed by atoms with E-state index in [-0.39, 0.29) is 0 Å². The zero-order valence-electron chi connectivity index (χ0n) is 14.7. The summed E-state index contributed by atoms with van der Waals surface area (Å²) in [4.78, 5) is 22.5. The van der Waals surface area contributed by atoms with Gasteiger partial charge < -0.3 is 5.11 Å². The Kier molecular flexibility index (Phi) is 5.71. The third-order valence-electron chi connectivity index (χ3n) is 4.11. The zero-order chi connectivity index (χ0) is 18.4. The van der Waals surface area contributed by atoms with Gasteiger partial charge in [-0.15, -0.1) is 0 Å². The number of hydrogen-bond acceptors (Lipinski definition) is 4. The number of pyridine rings is 2. The van der Waals surface area contributed by atoms with Crippen molar-refractivity contribution in [2.24, 2.45) is 0 Å². The summed E-state index contributed by atoms with van der Waals surface area (Å²) in [6.07, 6.45) is 3.53. The van der Waals surface area contributed by atoms with Gasteiger partial charge in [0.2, 0.25) is 0 Å². The van der Waals surface area contributed by atoms with Gasteiger partial charge in [0.1, 0.15) is 0 Å². The molecule has 0 radical (unpaired) electrons. The van der Waals surface area contributed by atoms with Crippen molar-refractivity contribution >= 4 is 5.97 Å². The average Bonchev–Trinajstić information content (AvgIpc) is 2.63. The quantitative estimate of drug-likeness (QED) is 0.706. The van der Waals surface area contributed by atoms with Crippen LogP contribution in [0, 0.1) is 6.92 Å². The van der Waals surface area contributed by atoms with E-state index < -0.39 is 5.97 Å². The second kappa shape index (κ2) is 8.36. The number of nitrogens with zero attached hydrogens (tertiary/aromatic N) is 3. The standard InChI is InChI=1S/C21H21N3O2/c1-16-8-9-20(21(25)26)17(12-16)13-24(14-18-6-2-4-10-22-18)15-19-7-3-5-11-23-19/h2-12H,13-15H2,1H3,(H,25,26). The molecule has 0 spiro atoms. The van der Waals surface area contributed by atoms with Gasteiger partial charge in [-0.2, -0.15) is 0 Å². The number of carboxylic acid groups (broad SMARTS) is 1. The summed E-state index contributed by atoms with van der Waals surface area (Å²) in [5.41, 5.74) is 4.05. The molecule has 0 aliphatic rings. The van der Waals surface area contributed by atoms with E-state index in [2.05, 4.69) is 14.9 Å². The van der Waals surface area contributed by atoms with E-state index in [9.17, 15) is 9.90 Å². The van der Waals surface area contributed by atoms with E-state index >= 15 is 0 Å². The summed E-state index contributed by atoms with van der Waals surface area (Å²) >= 11 is 0. The molecule has 0 fully saturated rings. The predicted octanol–water partition coefficient (Wildman–Crippen LogP) is 3.69. The van der Waals surface area contributed by atoms with Crippen molar-refractivity contribution in [1.82, 2.24) is 14.9 Å². The zero-order valence-corrected chi connectivity index (χ0v) is 14.7. The smallest absolute Gasteiger partial charge is 0.336 e. The molecule has 2 aromatic heterocycles. The van der Waals surface area contributed by atoms with Gasteiger partial charge in [-0.3, -0.25) is 14.9 Å². The van der Waals surface area contributed by atoms with Crippen molar-refractivity contribution in [3.8, 4) is 0 Å². The minimum absolute atomic E-state index is 0.336. The van der Waals surface area contributed by atoms with Crippen molar-refractivity contribution in [2.45, 2.75) is 26.6 Å².